The lowest BCUT2D eigenvalue weighted by Gasteiger charge is -2.29. The second kappa shape index (κ2) is 5.32. The summed E-state index contributed by atoms with van der Waals surface area (Å²) in [6.45, 7) is 1.09. The van der Waals surface area contributed by atoms with Crippen LogP contribution in [0.4, 0.5) is 5.69 Å². The largest absolute Gasteiger partial charge is 0.486 e. The fraction of sp³-hybridized carbons (Fsp3) is 0.235. The molecule has 1 atom stereocenters. The third kappa shape index (κ3) is 2.25. The molecule has 22 heavy (non-hydrogen) atoms. The monoisotopic (exact) mass is 359 g/mol. The van der Waals surface area contributed by atoms with E-state index >= 15 is 0 Å². The normalized spacial score (nSPS) is 19.3. The predicted octanol–water partition coefficient (Wildman–Crippen LogP) is 3.69. The number of halogens is 1. The van der Waals surface area contributed by atoms with Crippen LogP contribution in [-0.4, -0.2) is 19.1 Å². The average molecular weight is 360 g/mol. The number of nitrogens with one attached hydrogen (secondary N) is 1. The maximum Gasteiger partial charge on any atom is 0.225 e. The minimum atomic E-state index is 0.00940. The fourth-order valence-corrected chi connectivity index (χ4v) is 3.59. The van der Waals surface area contributed by atoms with Crippen molar-refractivity contribution in [1.82, 2.24) is 0 Å². The smallest absolute Gasteiger partial charge is 0.225 e. The molecule has 5 heteroatoms. The number of ether oxygens (including phenoxy) is 2. The second-order valence-corrected chi connectivity index (χ2v) is 6.26. The number of rotatable bonds is 1. The Bertz CT molecular complexity index is 760. The van der Waals surface area contributed by atoms with Crippen molar-refractivity contribution in [3.05, 3.63) is 52.0 Å². The average Bonchev–Trinajstić information content (AvgIpc) is 2.53. The molecule has 2 aliphatic heterocycles. The molecule has 2 heterocycles. The van der Waals surface area contributed by atoms with Gasteiger partial charge >= 0.3 is 0 Å². The Morgan fingerprint density at radius 1 is 1.05 bits per heavy atom. The van der Waals surface area contributed by atoms with Crippen LogP contribution >= 0.6 is 15.9 Å². The molecule has 2 aromatic carbocycles. The summed E-state index contributed by atoms with van der Waals surface area (Å²) in [5, 5.41) is 2.94. The first kappa shape index (κ1) is 13.6. The van der Waals surface area contributed by atoms with Crippen LogP contribution in [0, 0.1) is 0 Å². The van der Waals surface area contributed by atoms with Gasteiger partial charge in [0, 0.05) is 28.6 Å². The van der Waals surface area contributed by atoms with Gasteiger partial charge < -0.3 is 14.8 Å². The first-order valence-electron chi connectivity index (χ1n) is 7.20. The standard InChI is InChI=1S/C17H14BrNO3/c18-13-4-2-1-3-10(13)11-8-17(20)19-14-9-16-15(7-12(11)14)21-5-6-22-16/h1-4,7,9,11H,5-6,8H2,(H,19,20)/t11-/m0/s1. The lowest BCUT2D eigenvalue weighted by molar-refractivity contribution is -0.116. The van der Waals surface area contributed by atoms with Crippen molar-refractivity contribution in [2.24, 2.45) is 0 Å². The van der Waals surface area contributed by atoms with Gasteiger partial charge in [-0.25, -0.2) is 0 Å². The van der Waals surface area contributed by atoms with Crippen molar-refractivity contribution >= 4 is 27.5 Å². The molecular weight excluding hydrogens is 346 g/mol. The molecule has 1 N–H and O–H groups in total. The highest BCUT2D eigenvalue weighted by Gasteiger charge is 2.30. The summed E-state index contributed by atoms with van der Waals surface area (Å²) in [5.41, 5.74) is 2.98. The fourth-order valence-electron chi connectivity index (χ4n) is 3.03. The van der Waals surface area contributed by atoms with Crippen molar-refractivity contribution in [3.63, 3.8) is 0 Å². The molecule has 4 nitrogen and oxygen atoms in total. The predicted molar refractivity (Wildman–Crippen MR) is 86.7 cm³/mol. The molecule has 0 spiro atoms. The number of hydrogen-bond donors (Lipinski definition) is 1. The zero-order valence-electron chi connectivity index (χ0n) is 11.8. The summed E-state index contributed by atoms with van der Waals surface area (Å²) in [6.07, 6.45) is 0.426. The molecule has 0 unspecified atom stereocenters. The number of benzene rings is 2. The Morgan fingerprint density at radius 3 is 2.55 bits per heavy atom. The number of hydrogen-bond acceptors (Lipinski definition) is 3. The number of anilines is 1. The lowest BCUT2D eigenvalue weighted by atomic mass is 9.84. The van der Waals surface area contributed by atoms with Crippen molar-refractivity contribution in [2.45, 2.75) is 12.3 Å². The lowest BCUT2D eigenvalue weighted by Crippen LogP contribution is -2.25. The third-order valence-electron chi connectivity index (χ3n) is 4.03. The van der Waals surface area contributed by atoms with Crippen LogP contribution in [0.25, 0.3) is 0 Å². The van der Waals surface area contributed by atoms with Crippen molar-refractivity contribution in [1.29, 1.82) is 0 Å². The van der Waals surface area contributed by atoms with Crippen molar-refractivity contribution in [3.8, 4) is 11.5 Å². The molecule has 0 aromatic heterocycles. The van der Waals surface area contributed by atoms with Crippen LogP contribution in [0.15, 0.2) is 40.9 Å². The quantitative estimate of drug-likeness (QED) is 0.844. The maximum absolute atomic E-state index is 12.1. The Kier molecular flexibility index (Phi) is 3.30. The van der Waals surface area contributed by atoms with Crippen LogP contribution < -0.4 is 14.8 Å². The van der Waals surface area contributed by atoms with Gasteiger partial charge in [0.15, 0.2) is 11.5 Å². The van der Waals surface area contributed by atoms with Gasteiger partial charge in [-0.15, -0.1) is 0 Å². The molecular formula is C17H14BrNO3. The van der Waals surface area contributed by atoms with E-state index < -0.39 is 0 Å². The number of fused-ring (bicyclic) bond motifs is 2. The highest BCUT2D eigenvalue weighted by atomic mass is 79.9. The maximum atomic E-state index is 12.1. The molecule has 4 rings (SSSR count). The van der Waals surface area contributed by atoms with Crippen LogP contribution in [0.1, 0.15) is 23.5 Å². The van der Waals surface area contributed by atoms with Gasteiger partial charge in [0.1, 0.15) is 13.2 Å². The van der Waals surface area contributed by atoms with E-state index in [2.05, 4.69) is 21.2 Å². The van der Waals surface area contributed by atoms with E-state index in [4.69, 9.17) is 9.47 Å². The Labute approximate surface area is 136 Å². The topological polar surface area (TPSA) is 47.6 Å². The van der Waals surface area contributed by atoms with E-state index in [0.29, 0.717) is 25.4 Å². The Balaban J connectivity index is 1.86. The first-order chi connectivity index (χ1) is 10.7. The van der Waals surface area contributed by atoms with Crippen LogP contribution in [0.5, 0.6) is 11.5 Å². The SMILES string of the molecule is O=C1C[C@@H](c2ccccc2Br)c2cc3c(cc2N1)OCCO3. The molecule has 0 saturated carbocycles. The molecule has 0 aliphatic carbocycles. The molecule has 1 amide bonds. The zero-order chi connectivity index (χ0) is 15.1. The van der Waals surface area contributed by atoms with Gasteiger partial charge in [0.25, 0.3) is 0 Å². The van der Waals surface area contributed by atoms with Crippen LogP contribution in [0.2, 0.25) is 0 Å². The summed E-state index contributed by atoms with van der Waals surface area (Å²) >= 11 is 3.59. The Morgan fingerprint density at radius 2 is 1.77 bits per heavy atom. The van der Waals surface area contributed by atoms with Gasteiger partial charge in [-0.2, -0.15) is 0 Å². The molecule has 0 bridgehead atoms. The molecule has 2 aliphatic rings. The van der Waals surface area contributed by atoms with E-state index in [1.807, 2.05) is 36.4 Å². The number of amides is 1. The summed E-state index contributed by atoms with van der Waals surface area (Å²) in [4.78, 5) is 12.1. The summed E-state index contributed by atoms with van der Waals surface area (Å²) in [6, 6.07) is 11.9. The molecule has 0 saturated heterocycles. The van der Waals surface area contributed by atoms with E-state index in [0.717, 1.165) is 27.0 Å². The van der Waals surface area contributed by atoms with Crippen molar-refractivity contribution in [2.75, 3.05) is 18.5 Å². The molecule has 2 aromatic rings. The first-order valence-corrected chi connectivity index (χ1v) is 7.99. The minimum absolute atomic E-state index is 0.00940. The van der Waals surface area contributed by atoms with Gasteiger partial charge in [-0.1, -0.05) is 34.1 Å². The zero-order valence-corrected chi connectivity index (χ0v) is 13.4. The highest BCUT2D eigenvalue weighted by Crippen LogP contribution is 2.45. The van der Waals surface area contributed by atoms with Gasteiger partial charge in [0.05, 0.1) is 0 Å². The minimum Gasteiger partial charge on any atom is -0.486 e. The third-order valence-corrected chi connectivity index (χ3v) is 4.76. The van der Waals surface area contributed by atoms with E-state index in [9.17, 15) is 4.79 Å². The number of carbonyl (C=O) groups excluding carboxylic acids is 1. The van der Waals surface area contributed by atoms with E-state index in [1.54, 1.807) is 0 Å². The van der Waals surface area contributed by atoms with E-state index in [1.165, 1.54) is 0 Å². The highest BCUT2D eigenvalue weighted by molar-refractivity contribution is 9.10. The molecule has 0 radical (unpaired) electrons. The van der Waals surface area contributed by atoms with Crippen molar-refractivity contribution < 1.29 is 14.3 Å². The van der Waals surface area contributed by atoms with Gasteiger partial charge in [-0.3, -0.25) is 4.79 Å². The summed E-state index contributed by atoms with van der Waals surface area (Å²) < 4.78 is 12.3. The van der Waals surface area contributed by atoms with E-state index in [-0.39, 0.29) is 11.8 Å². The second-order valence-electron chi connectivity index (χ2n) is 5.41. The van der Waals surface area contributed by atoms with Gasteiger partial charge in [0.2, 0.25) is 5.91 Å². The van der Waals surface area contributed by atoms with Crippen LogP contribution in [-0.2, 0) is 4.79 Å². The van der Waals surface area contributed by atoms with Gasteiger partial charge in [-0.05, 0) is 23.3 Å². The summed E-state index contributed by atoms with van der Waals surface area (Å²) in [7, 11) is 0. The molecule has 0 fully saturated rings. The van der Waals surface area contributed by atoms with Crippen LogP contribution in [0.3, 0.4) is 0 Å². The summed E-state index contributed by atoms with van der Waals surface area (Å²) in [5.74, 6) is 1.47. The molecule has 112 valence electrons. The number of carbonyl (C=O) groups is 1. The Hall–Kier alpha value is -2.01.